The van der Waals surface area contributed by atoms with E-state index >= 15 is 0 Å². The fourth-order valence-corrected chi connectivity index (χ4v) is 2.30. The molecule has 0 bridgehead atoms. The van der Waals surface area contributed by atoms with Crippen molar-refractivity contribution in [3.63, 3.8) is 0 Å². The van der Waals surface area contributed by atoms with Gasteiger partial charge in [-0.05, 0) is 38.0 Å². The number of benzene rings is 1. The smallest absolute Gasteiger partial charge is 0.339 e. The van der Waals surface area contributed by atoms with E-state index < -0.39 is 12.1 Å². The zero-order valence-electron chi connectivity index (χ0n) is 11.5. The molecule has 0 saturated heterocycles. The van der Waals surface area contributed by atoms with Crippen molar-refractivity contribution in [2.75, 3.05) is 0 Å². The lowest BCUT2D eigenvalue weighted by Gasteiger charge is -2.17. The predicted octanol–water partition coefficient (Wildman–Crippen LogP) is 2.00. The molecule has 0 aliphatic heterocycles. The Morgan fingerprint density at radius 3 is 2.70 bits per heavy atom. The second-order valence-corrected chi connectivity index (χ2v) is 5.09. The molecule has 1 atom stereocenters. The molecular weight excluding hydrogens is 258 g/mol. The highest BCUT2D eigenvalue weighted by Crippen LogP contribution is 2.18. The third-order valence-electron chi connectivity index (χ3n) is 3.44. The zero-order valence-corrected chi connectivity index (χ0v) is 11.5. The van der Waals surface area contributed by atoms with E-state index in [9.17, 15) is 14.7 Å². The summed E-state index contributed by atoms with van der Waals surface area (Å²) in [6.07, 6.45) is 3.38. The molecule has 0 heterocycles. The summed E-state index contributed by atoms with van der Waals surface area (Å²) in [5.74, 6) is -0.900. The van der Waals surface area contributed by atoms with E-state index in [1.54, 1.807) is 13.0 Å². The Hall–Kier alpha value is -2.04. The Morgan fingerprint density at radius 2 is 2.05 bits per heavy atom. The molecule has 1 aliphatic rings. The van der Waals surface area contributed by atoms with Crippen molar-refractivity contribution in [2.24, 2.45) is 0 Å². The van der Waals surface area contributed by atoms with Crippen LogP contribution in [0.25, 0.3) is 0 Å². The lowest BCUT2D eigenvalue weighted by atomic mass is 10.2. The average Bonchev–Trinajstić information content (AvgIpc) is 2.91. The van der Waals surface area contributed by atoms with Crippen molar-refractivity contribution in [2.45, 2.75) is 44.8 Å². The molecule has 2 rings (SSSR count). The molecule has 0 spiro atoms. The molecule has 1 fully saturated rings. The zero-order chi connectivity index (χ0) is 14.5. The molecule has 1 aliphatic carbocycles. The summed E-state index contributed by atoms with van der Waals surface area (Å²) >= 11 is 0. The van der Waals surface area contributed by atoms with Crippen molar-refractivity contribution < 1.29 is 19.4 Å². The molecule has 5 heteroatoms. The molecule has 108 valence electrons. The van der Waals surface area contributed by atoms with E-state index in [4.69, 9.17) is 4.74 Å². The first-order valence-electron chi connectivity index (χ1n) is 6.86. The van der Waals surface area contributed by atoms with Crippen molar-refractivity contribution in [1.82, 2.24) is 5.32 Å². The van der Waals surface area contributed by atoms with Crippen molar-refractivity contribution in [3.8, 4) is 5.75 Å². The summed E-state index contributed by atoms with van der Waals surface area (Å²) in [6.45, 7) is 1.55. The Bertz CT molecular complexity index is 494. The van der Waals surface area contributed by atoms with Gasteiger partial charge in [-0.2, -0.15) is 0 Å². The largest absolute Gasteiger partial charge is 0.508 e. The van der Waals surface area contributed by atoms with Crippen LogP contribution in [0.15, 0.2) is 24.3 Å². The molecule has 1 aromatic rings. The topological polar surface area (TPSA) is 75.6 Å². The van der Waals surface area contributed by atoms with Crippen molar-refractivity contribution in [3.05, 3.63) is 29.8 Å². The molecule has 1 saturated carbocycles. The molecule has 5 nitrogen and oxygen atoms in total. The van der Waals surface area contributed by atoms with Gasteiger partial charge in [0.15, 0.2) is 6.10 Å². The molecule has 2 N–H and O–H groups in total. The fourth-order valence-electron chi connectivity index (χ4n) is 2.30. The molecular formula is C15H19NO4. The average molecular weight is 277 g/mol. The van der Waals surface area contributed by atoms with Crippen LogP contribution < -0.4 is 5.32 Å². The Labute approximate surface area is 117 Å². The maximum Gasteiger partial charge on any atom is 0.339 e. The summed E-state index contributed by atoms with van der Waals surface area (Å²) in [5.41, 5.74) is 0.227. The number of carbonyl (C=O) groups is 2. The van der Waals surface area contributed by atoms with E-state index in [0.29, 0.717) is 0 Å². The number of nitrogens with one attached hydrogen (secondary N) is 1. The maximum absolute atomic E-state index is 11.9. The summed E-state index contributed by atoms with van der Waals surface area (Å²) in [6, 6.07) is 6.06. The first-order valence-corrected chi connectivity index (χ1v) is 6.86. The van der Waals surface area contributed by atoms with Gasteiger partial charge in [-0.15, -0.1) is 0 Å². The minimum Gasteiger partial charge on any atom is -0.508 e. The molecule has 0 unspecified atom stereocenters. The second kappa shape index (κ2) is 6.41. The van der Waals surface area contributed by atoms with Crippen molar-refractivity contribution >= 4 is 11.9 Å². The van der Waals surface area contributed by atoms with Gasteiger partial charge in [0.05, 0.1) is 5.56 Å². The van der Waals surface area contributed by atoms with Crippen LogP contribution in [-0.2, 0) is 9.53 Å². The van der Waals surface area contributed by atoms with Crippen LogP contribution in [0.5, 0.6) is 5.75 Å². The fraction of sp³-hybridized carbons (Fsp3) is 0.467. The molecule has 0 radical (unpaired) electrons. The van der Waals surface area contributed by atoms with Gasteiger partial charge in [0.2, 0.25) is 0 Å². The van der Waals surface area contributed by atoms with Crippen LogP contribution in [0.3, 0.4) is 0 Å². The van der Waals surface area contributed by atoms with E-state index in [-0.39, 0.29) is 23.3 Å². The Balaban J connectivity index is 1.88. The third kappa shape index (κ3) is 3.73. The van der Waals surface area contributed by atoms with Crippen LogP contribution in [0.1, 0.15) is 43.0 Å². The summed E-state index contributed by atoms with van der Waals surface area (Å²) in [5, 5.41) is 12.2. The summed E-state index contributed by atoms with van der Waals surface area (Å²) in [7, 11) is 0. The van der Waals surface area contributed by atoms with Crippen LogP contribution >= 0.6 is 0 Å². The van der Waals surface area contributed by atoms with Gasteiger partial charge in [0.1, 0.15) is 5.75 Å². The highest BCUT2D eigenvalue weighted by molar-refractivity contribution is 5.92. The SMILES string of the molecule is C[C@@H](OC(=O)c1cccc(O)c1)C(=O)NC1CCCC1. The van der Waals surface area contributed by atoms with Gasteiger partial charge >= 0.3 is 5.97 Å². The van der Waals surface area contributed by atoms with Gasteiger partial charge in [-0.3, -0.25) is 4.79 Å². The first kappa shape index (κ1) is 14.4. The number of hydrogen-bond donors (Lipinski definition) is 2. The second-order valence-electron chi connectivity index (χ2n) is 5.09. The minimum absolute atomic E-state index is 0.0116. The number of amides is 1. The molecule has 0 aromatic heterocycles. The van der Waals surface area contributed by atoms with Crippen LogP contribution in [0.2, 0.25) is 0 Å². The predicted molar refractivity (Wildman–Crippen MR) is 73.4 cm³/mol. The minimum atomic E-state index is -0.842. The Kier molecular flexibility index (Phi) is 4.61. The van der Waals surface area contributed by atoms with Crippen molar-refractivity contribution in [1.29, 1.82) is 0 Å². The monoisotopic (exact) mass is 277 g/mol. The lowest BCUT2D eigenvalue weighted by Crippen LogP contribution is -2.40. The summed E-state index contributed by atoms with van der Waals surface area (Å²) in [4.78, 5) is 23.7. The number of rotatable bonds is 4. The standard InChI is InChI=1S/C15H19NO4/c1-10(14(18)16-12-6-2-3-7-12)20-15(19)11-5-4-8-13(17)9-11/h4-5,8-10,12,17H,2-3,6-7H2,1H3,(H,16,18)/t10-/m1/s1. The van der Waals surface area contributed by atoms with E-state index in [2.05, 4.69) is 5.32 Å². The van der Waals surface area contributed by atoms with Gasteiger partial charge in [-0.25, -0.2) is 4.79 Å². The first-order chi connectivity index (χ1) is 9.56. The van der Waals surface area contributed by atoms with Gasteiger partial charge in [0, 0.05) is 6.04 Å². The normalized spacial score (nSPS) is 16.6. The van der Waals surface area contributed by atoms with E-state index in [1.807, 2.05) is 0 Å². The van der Waals surface area contributed by atoms with E-state index in [0.717, 1.165) is 25.7 Å². The van der Waals surface area contributed by atoms with Crippen LogP contribution in [0, 0.1) is 0 Å². The van der Waals surface area contributed by atoms with Gasteiger partial charge < -0.3 is 15.2 Å². The van der Waals surface area contributed by atoms with Gasteiger partial charge in [-0.1, -0.05) is 18.9 Å². The van der Waals surface area contributed by atoms with Crippen LogP contribution in [0.4, 0.5) is 0 Å². The molecule has 1 amide bonds. The highest BCUT2D eigenvalue weighted by Gasteiger charge is 2.23. The Morgan fingerprint density at radius 1 is 1.35 bits per heavy atom. The van der Waals surface area contributed by atoms with E-state index in [1.165, 1.54) is 18.2 Å². The van der Waals surface area contributed by atoms with Gasteiger partial charge in [0.25, 0.3) is 5.91 Å². The highest BCUT2D eigenvalue weighted by atomic mass is 16.5. The number of esters is 1. The molecule has 20 heavy (non-hydrogen) atoms. The number of phenolic OH excluding ortho intramolecular Hbond substituents is 1. The maximum atomic E-state index is 11.9. The number of carbonyl (C=O) groups excluding carboxylic acids is 2. The third-order valence-corrected chi connectivity index (χ3v) is 3.44. The van der Waals surface area contributed by atoms with Crippen LogP contribution in [-0.4, -0.2) is 29.1 Å². The lowest BCUT2D eigenvalue weighted by molar-refractivity contribution is -0.129. The quantitative estimate of drug-likeness (QED) is 0.825. The summed E-state index contributed by atoms with van der Waals surface area (Å²) < 4.78 is 5.10. The number of hydrogen-bond acceptors (Lipinski definition) is 4. The number of phenols is 1. The molecule has 1 aromatic carbocycles. The number of aromatic hydroxyl groups is 1. The number of ether oxygens (including phenoxy) is 1.